The van der Waals surface area contributed by atoms with Crippen LogP contribution in [0.15, 0.2) is 18.2 Å². The van der Waals surface area contributed by atoms with Crippen LogP contribution in [-0.4, -0.2) is 53.3 Å². The van der Waals surface area contributed by atoms with E-state index in [1.165, 1.54) is 6.07 Å². The molecular formula is C14H19IN2O3. The summed E-state index contributed by atoms with van der Waals surface area (Å²) in [4.78, 5) is 14.1. The summed E-state index contributed by atoms with van der Waals surface area (Å²) < 4.78 is 0.713. The molecule has 0 radical (unpaired) electrons. The lowest BCUT2D eigenvalue weighted by atomic mass is 10.1. The molecule has 0 saturated carbocycles. The van der Waals surface area contributed by atoms with Crippen molar-refractivity contribution in [2.75, 3.05) is 26.2 Å². The largest absolute Gasteiger partial charge is 0.507 e. The molecule has 0 spiro atoms. The molecule has 1 aliphatic heterocycles. The Bertz CT molecular complexity index is 475. The van der Waals surface area contributed by atoms with Gasteiger partial charge < -0.3 is 20.4 Å². The predicted molar refractivity (Wildman–Crippen MR) is 84.8 cm³/mol. The van der Waals surface area contributed by atoms with E-state index in [4.69, 9.17) is 5.11 Å². The molecule has 1 fully saturated rings. The molecule has 1 atom stereocenters. The smallest absolute Gasteiger partial charge is 0.254 e. The van der Waals surface area contributed by atoms with Crippen LogP contribution in [-0.2, 0) is 0 Å². The van der Waals surface area contributed by atoms with Gasteiger partial charge in [0, 0.05) is 24.7 Å². The van der Waals surface area contributed by atoms with Crippen LogP contribution < -0.4 is 5.32 Å². The number of rotatable bonds is 5. The van der Waals surface area contributed by atoms with Gasteiger partial charge in [-0.15, -0.1) is 0 Å². The summed E-state index contributed by atoms with van der Waals surface area (Å²) in [6.07, 6.45) is 2.17. The number of benzene rings is 1. The summed E-state index contributed by atoms with van der Waals surface area (Å²) in [5.41, 5.74) is 0.453. The molecule has 1 unspecified atom stereocenters. The standard InChI is InChI=1S/C14H19IN2O3/c15-12-4-3-10(8-13(12)19)14(20)17(6-7-18)9-11-2-1-5-16-11/h3-4,8,11,16,18-19H,1-2,5-7,9H2. The number of carbonyl (C=O) groups excluding carboxylic acids is 1. The van der Waals surface area contributed by atoms with Gasteiger partial charge >= 0.3 is 0 Å². The normalized spacial score (nSPS) is 18.2. The lowest BCUT2D eigenvalue weighted by Gasteiger charge is -2.25. The highest BCUT2D eigenvalue weighted by atomic mass is 127. The third-order valence-electron chi connectivity index (χ3n) is 3.45. The van der Waals surface area contributed by atoms with E-state index in [1.807, 2.05) is 22.6 Å². The average molecular weight is 390 g/mol. The van der Waals surface area contributed by atoms with Crippen LogP contribution >= 0.6 is 22.6 Å². The minimum absolute atomic E-state index is 0.0607. The SMILES string of the molecule is O=C(c1ccc(I)c(O)c1)N(CCO)CC1CCCN1. The zero-order valence-corrected chi connectivity index (χ0v) is 13.3. The number of carbonyl (C=O) groups is 1. The molecule has 110 valence electrons. The number of aromatic hydroxyl groups is 1. The van der Waals surface area contributed by atoms with Crippen LogP contribution in [0.5, 0.6) is 5.75 Å². The molecule has 1 aromatic carbocycles. The number of aliphatic hydroxyl groups excluding tert-OH is 1. The molecule has 1 aromatic rings. The lowest BCUT2D eigenvalue weighted by molar-refractivity contribution is 0.0706. The van der Waals surface area contributed by atoms with Gasteiger partial charge in [-0.1, -0.05) is 0 Å². The molecule has 0 aromatic heterocycles. The van der Waals surface area contributed by atoms with Crippen molar-refractivity contribution in [1.29, 1.82) is 0 Å². The number of aliphatic hydroxyl groups is 1. The molecule has 1 amide bonds. The van der Waals surface area contributed by atoms with Gasteiger partial charge in [-0.3, -0.25) is 4.79 Å². The lowest BCUT2D eigenvalue weighted by Crippen LogP contribution is -2.42. The Kier molecular flexibility index (Phi) is 5.62. The fourth-order valence-electron chi connectivity index (χ4n) is 2.40. The Balaban J connectivity index is 2.10. The highest BCUT2D eigenvalue weighted by Crippen LogP contribution is 2.21. The van der Waals surface area contributed by atoms with Crippen molar-refractivity contribution in [3.63, 3.8) is 0 Å². The van der Waals surface area contributed by atoms with Gasteiger partial charge in [0.2, 0.25) is 0 Å². The molecular weight excluding hydrogens is 371 g/mol. The van der Waals surface area contributed by atoms with E-state index in [0.717, 1.165) is 19.4 Å². The summed E-state index contributed by atoms with van der Waals surface area (Å²) in [5.74, 6) is -0.0427. The highest BCUT2D eigenvalue weighted by molar-refractivity contribution is 14.1. The minimum Gasteiger partial charge on any atom is -0.507 e. The van der Waals surface area contributed by atoms with Crippen molar-refractivity contribution >= 4 is 28.5 Å². The van der Waals surface area contributed by atoms with Gasteiger partial charge in [-0.25, -0.2) is 0 Å². The fourth-order valence-corrected chi connectivity index (χ4v) is 2.74. The maximum atomic E-state index is 12.5. The summed E-state index contributed by atoms with van der Waals surface area (Å²) in [6, 6.07) is 5.20. The Morgan fingerprint density at radius 3 is 2.90 bits per heavy atom. The zero-order valence-electron chi connectivity index (χ0n) is 11.2. The number of halogens is 1. The van der Waals surface area contributed by atoms with E-state index in [-0.39, 0.29) is 18.3 Å². The fraction of sp³-hybridized carbons (Fsp3) is 0.500. The molecule has 5 nitrogen and oxygen atoms in total. The number of amides is 1. The molecule has 1 heterocycles. The predicted octanol–water partition coefficient (Wildman–Crippen LogP) is 1.18. The van der Waals surface area contributed by atoms with Crippen LogP contribution in [0.1, 0.15) is 23.2 Å². The number of phenols is 1. The van der Waals surface area contributed by atoms with Crippen molar-refractivity contribution in [3.05, 3.63) is 27.3 Å². The quantitative estimate of drug-likeness (QED) is 0.661. The molecule has 2 rings (SSSR count). The van der Waals surface area contributed by atoms with E-state index >= 15 is 0 Å². The second-order valence-electron chi connectivity index (χ2n) is 4.93. The van der Waals surface area contributed by atoms with Gasteiger partial charge in [0.05, 0.1) is 10.2 Å². The van der Waals surface area contributed by atoms with Gasteiger partial charge in [0.15, 0.2) is 0 Å². The third-order valence-corrected chi connectivity index (χ3v) is 4.37. The summed E-state index contributed by atoms with van der Waals surface area (Å²) in [5, 5.41) is 22.2. The summed E-state index contributed by atoms with van der Waals surface area (Å²) in [7, 11) is 0. The molecule has 0 bridgehead atoms. The van der Waals surface area contributed by atoms with Gasteiger partial charge in [0.1, 0.15) is 5.75 Å². The van der Waals surface area contributed by atoms with Crippen molar-refractivity contribution in [1.82, 2.24) is 10.2 Å². The highest BCUT2D eigenvalue weighted by Gasteiger charge is 2.22. The van der Waals surface area contributed by atoms with Gasteiger partial charge in [-0.2, -0.15) is 0 Å². The van der Waals surface area contributed by atoms with Crippen LogP contribution in [0.25, 0.3) is 0 Å². The summed E-state index contributed by atoms with van der Waals surface area (Å²) in [6.45, 7) is 1.82. The van der Waals surface area contributed by atoms with Crippen LogP contribution in [0.2, 0.25) is 0 Å². The van der Waals surface area contributed by atoms with Crippen molar-refractivity contribution in [3.8, 4) is 5.75 Å². The second kappa shape index (κ2) is 7.24. The Hall–Kier alpha value is -0.860. The van der Waals surface area contributed by atoms with E-state index in [1.54, 1.807) is 17.0 Å². The number of hydrogen-bond donors (Lipinski definition) is 3. The molecule has 1 aliphatic rings. The molecule has 1 saturated heterocycles. The molecule has 6 heteroatoms. The van der Waals surface area contributed by atoms with E-state index in [0.29, 0.717) is 28.3 Å². The minimum atomic E-state index is -0.153. The monoisotopic (exact) mass is 390 g/mol. The van der Waals surface area contributed by atoms with Crippen molar-refractivity contribution < 1.29 is 15.0 Å². The van der Waals surface area contributed by atoms with Gasteiger partial charge in [0.25, 0.3) is 5.91 Å². The molecule has 3 N–H and O–H groups in total. The molecule has 0 aliphatic carbocycles. The summed E-state index contributed by atoms with van der Waals surface area (Å²) >= 11 is 2.01. The number of phenolic OH excluding ortho intramolecular Hbond substituents is 1. The maximum absolute atomic E-state index is 12.5. The first-order valence-electron chi connectivity index (χ1n) is 6.74. The first kappa shape index (κ1) is 15.5. The van der Waals surface area contributed by atoms with Crippen molar-refractivity contribution in [2.24, 2.45) is 0 Å². The number of hydrogen-bond acceptors (Lipinski definition) is 4. The average Bonchev–Trinajstić information content (AvgIpc) is 2.93. The van der Waals surface area contributed by atoms with Crippen LogP contribution in [0.4, 0.5) is 0 Å². The number of nitrogens with zero attached hydrogens (tertiary/aromatic N) is 1. The van der Waals surface area contributed by atoms with Gasteiger partial charge in [-0.05, 0) is 60.2 Å². The first-order chi connectivity index (χ1) is 9.61. The molecule has 20 heavy (non-hydrogen) atoms. The third kappa shape index (κ3) is 3.83. The zero-order chi connectivity index (χ0) is 14.5. The topological polar surface area (TPSA) is 72.8 Å². The maximum Gasteiger partial charge on any atom is 0.254 e. The van der Waals surface area contributed by atoms with E-state index in [9.17, 15) is 9.90 Å². The second-order valence-corrected chi connectivity index (χ2v) is 6.10. The van der Waals surface area contributed by atoms with Crippen molar-refractivity contribution in [2.45, 2.75) is 18.9 Å². The Morgan fingerprint density at radius 1 is 1.50 bits per heavy atom. The van der Waals surface area contributed by atoms with E-state index in [2.05, 4.69) is 5.32 Å². The van der Waals surface area contributed by atoms with E-state index < -0.39 is 0 Å². The Morgan fingerprint density at radius 2 is 2.30 bits per heavy atom. The Labute approximate surface area is 132 Å². The number of nitrogens with one attached hydrogen (secondary N) is 1. The van der Waals surface area contributed by atoms with Crippen LogP contribution in [0.3, 0.4) is 0 Å². The van der Waals surface area contributed by atoms with Crippen LogP contribution in [0, 0.1) is 3.57 Å². The first-order valence-corrected chi connectivity index (χ1v) is 7.81.